The third-order valence-corrected chi connectivity index (χ3v) is 5.65. The average Bonchev–Trinajstić information content (AvgIpc) is 3.24. The molecule has 2 N–H and O–H groups in total. The van der Waals surface area contributed by atoms with Crippen molar-refractivity contribution in [1.29, 1.82) is 0 Å². The van der Waals surface area contributed by atoms with Crippen LogP contribution in [0.4, 0.5) is 4.79 Å². The first kappa shape index (κ1) is 24.2. The van der Waals surface area contributed by atoms with Crippen molar-refractivity contribution in [3.05, 3.63) is 54.1 Å². The molecule has 1 aliphatic heterocycles. The Labute approximate surface area is 192 Å². The van der Waals surface area contributed by atoms with Gasteiger partial charge in [0.15, 0.2) is 5.78 Å². The molecule has 0 fully saturated rings. The summed E-state index contributed by atoms with van der Waals surface area (Å²) in [5.74, 6) is -2.74. The quantitative estimate of drug-likeness (QED) is 0.618. The van der Waals surface area contributed by atoms with E-state index in [1.54, 1.807) is 26.4 Å². The van der Waals surface area contributed by atoms with Crippen molar-refractivity contribution in [3.63, 3.8) is 0 Å². The molecule has 2 atom stereocenters. The summed E-state index contributed by atoms with van der Waals surface area (Å²) >= 11 is 0. The van der Waals surface area contributed by atoms with Crippen LogP contribution in [0.3, 0.4) is 0 Å². The summed E-state index contributed by atoms with van der Waals surface area (Å²) in [6.45, 7) is 4.23. The third-order valence-electron chi connectivity index (χ3n) is 5.65. The summed E-state index contributed by atoms with van der Waals surface area (Å²) in [5, 5.41) is 5.25. The zero-order valence-corrected chi connectivity index (χ0v) is 19.0. The molecule has 0 radical (unpaired) electrons. The minimum Gasteiger partial charge on any atom is -0.445 e. The van der Waals surface area contributed by atoms with Gasteiger partial charge in [-0.05, 0) is 24.3 Å². The number of nitrogens with one attached hydrogen (secondary N) is 2. The Morgan fingerprint density at radius 1 is 1.24 bits per heavy atom. The summed E-state index contributed by atoms with van der Waals surface area (Å²) in [4.78, 5) is 54.7. The lowest BCUT2D eigenvalue weighted by Crippen LogP contribution is -2.47. The van der Waals surface area contributed by atoms with Gasteiger partial charge in [-0.3, -0.25) is 14.4 Å². The van der Waals surface area contributed by atoms with Crippen molar-refractivity contribution in [2.45, 2.75) is 52.3 Å². The molecular formula is C24H30N4O5. The van der Waals surface area contributed by atoms with Gasteiger partial charge >= 0.3 is 6.09 Å². The molecule has 9 heteroatoms. The molecule has 1 aromatic heterocycles. The van der Waals surface area contributed by atoms with Gasteiger partial charge in [-0.1, -0.05) is 44.2 Å². The molecule has 0 spiro atoms. The minimum atomic E-state index is -0.855. The van der Waals surface area contributed by atoms with E-state index in [0.717, 1.165) is 11.3 Å². The first-order valence-electron chi connectivity index (χ1n) is 11.2. The molecule has 0 saturated heterocycles. The van der Waals surface area contributed by atoms with Gasteiger partial charge in [-0.2, -0.15) is 0 Å². The number of rotatable bonds is 7. The van der Waals surface area contributed by atoms with Gasteiger partial charge < -0.3 is 19.9 Å². The van der Waals surface area contributed by atoms with Gasteiger partial charge in [0.2, 0.25) is 5.78 Å². The van der Waals surface area contributed by atoms with E-state index >= 15 is 0 Å². The lowest BCUT2D eigenvalue weighted by molar-refractivity contribution is -0.141. The Hall–Kier alpha value is -3.49. The number of Topliss-reactive ketones (excluding diaryl/α,β-unsaturated/α-hetero) is 2. The maximum atomic E-state index is 13.1. The molecule has 2 unspecified atom stereocenters. The van der Waals surface area contributed by atoms with Crippen LogP contribution >= 0.6 is 0 Å². The van der Waals surface area contributed by atoms with Crippen LogP contribution in [-0.4, -0.2) is 45.7 Å². The molecule has 2 aromatic rings. The number of ketones is 2. The average molecular weight is 455 g/mol. The normalized spacial score (nSPS) is 17.6. The van der Waals surface area contributed by atoms with Crippen LogP contribution in [-0.2, 0) is 38.7 Å². The lowest BCUT2D eigenvalue weighted by atomic mass is 9.89. The van der Waals surface area contributed by atoms with Gasteiger partial charge in [-0.25, -0.2) is 9.78 Å². The Balaban J connectivity index is 1.67. The fourth-order valence-corrected chi connectivity index (χ4v) is 3.82. The summed E-state index contributed by atoms with van der Waals surface area (Å²) in [5.41, 5.74) is 1.77. The molecule has 0 saturated carbocycles. The Bertz CT molecular complexity index is 986. The first-order chi connectivity index (χ1) is 15.8. The van der Waals surface area contributed by atoms with E-state index in [9.17, 15) is 19.2 Å². The minimum absolute atomic E-state index is 0.0797. The number of hydrogen-bond donors (Lipinski definition) is 2. The highest BCUT2D eigenvalue weighted by Crippen LogP contribution is 2.17. The predicted molar refractivity (Wildman–Crippen MR) is 120 cm³/mol. The van der Waals surface area contributed by atoms with Crippen LogP contribution in [0, 0.1) is 11.8 Å². The molecule has 33 heavy (non-hydrogen) atoms. The largest absolute Gasteiger partial charge is 0.445 e. The molecule has 2 heterocycles. The van der Waals surface area contributed by atoms with Gasteiger partial charge in [0, 0.05) is 31.4 Å². The molecular weight excluding hydrogens is 424 g/mol. The van der Waals surface area contributed by atoms with E-state index < -0.39 is 29.7 Å². The number of nitrogens with zero attached hydrogens (tertiary/aromatic N) is 2. The van der Waals surface area contributed by atoms with Gasteiger partial charge in [0.1, 0.15) is 6.61 Å². The number of fused-ring (bicyclic) bond motifs is 1. The van der Waals surface area contributed by atoms with Crippen LogP contribution in [0.2, 0.25) is 0 Å². The van der Waals surface area contributed by atoms with Crippen molar-refractivity contribution in [3.8, 4) is 0 Å². The number of aromatic nitrogens is 2. The Morgan fingerprint density at radius 3 is 2.73 bits per heavy atom. The van der Waals surface area contributed by atoms with Crippen molar-refractivity contribution in [1.82, 2.24) is 20.2 Å². The van der Waals surface area contributed by atoms with E-state index in [2.05, 4.69) is 15.6 Å². The maximum Gasteiger partial charge on any atom is 0.408 e. The molecule has 2 amide bonds. The highest BCUT2D eigenvalue weighted by atomic mass is 16.5. The number of amides is 2. The van der Waals surface area contributed by atoms with Crippen LogP contribution in [0.15, 0.2) is 42.9 Å². The summed E-state index contributed by atoms with van der Waals surface area (Å²) in [6, 6.07) is 8.37. The highest BCUT2D eigenvalue weighted by molar-refractivity contribution is 6.37. The molecule has 3 rings (SSSR count). The van der Waals surface area contributed by atoms with Crippen molar-refractivity contribution in [2.75, 3.05) is 6.54 Å². The molecule has 1 aliphatic rings. The first-order valence-corrected chi connectivity index (χ1v) is 11.2. The number of aryl methyl sites for hydroxylation is 1. The van der Waals surface area contributed by atoms with E-state index in [1.807, 2.05) is 34.9 Å². The standard InChI is InChI=1S/C24H30N4O5/c1-16(2)21(27-24(32)33-14-17-7-4-3-5-8-17)20(29)11-18-13-28-15-25-12-19(28)9-6-10-26-23(31)22(18)30/h3-5,7-8,12,15-16,18,21H,6,9-11,13-14H2,1-2H3,(H,26,31)(H,27,32). The van der Waals surface area contributed by atoms with Crippen LogP contribution < -0.4 is 10.6 Å². The fraction of sp³-hybridized carbons (Fsp3) is 0.458. The molecule has 176 valence electrons. The number of benzene rings is 1. The zero-order valence-electron chi connectivity index (χ0n) is 19.0. The van der Waals surface area contributed by atoms with Gasteiger partial charge in [-0.15, -0.1) is 0 Å². The Morgan fingerprint density at radius 2 is 2.00 bits per heavy atom. The molecule has 0 bridgehead atoms. The number of ether oxygens (including phenoxy) is 1. The topological polar surface area (TPSA) is 119 Å². The second kappa shape index (κ2) is 11.4. The zero-order chi connectivity index (χ0) is 23.8. The number of alkyl carbamates (subject to hydrolysis) is 1. The van der Waals surface area contributed by atoms with Gasteiger partial charge in [0.25, 0.3) is 5.91 Å². The SMILES string of the molecule is CC(C)C(NC(=O)OCc1ccccc1)C(=O)CC1Cn2cncc2CCCNC(=O)C1=O. The predicted octanol–water partition coefficient (Wildman–Crippen LogP) is 2.04. The Kier molecular flexibility index (Phi) is 8.34. The van der Waals surface area contributed by atoms with Crippen LogP contribution in [0.25, 0.3) is 0 Å². The number of carbonyl (C=O) groups is 4. The van der Waals surface area contributed by atoms with E-state index in [4.69, 9.17) is 4.74 Å². The summed E-state index contributed by atoms with van der Waals surface area (Å²) in [7, 11) is 0. The van der Waals surface area contributed by atoms with Crippen LogP contribution in [0.5, 0.6) is 0 Å². The van der Waals surface area contributed by atoms with E-state index in [0.29, 0.717) is 19.4 Å². The molecule has 1 aromatic carbocycles. The number of hydrogen-bond acceptors (Lipinski definition) is 6. The highest BCUT2D eigenvalue weighted by Gasteiger charge is 2.33. The lowest BCUT2D eigenvalue weighted by Gasteiger charge is -2.24. The molecule has 0 aliphatic carbocycles. The van der Waals surface area contributed by atoms with Crippen molar-refractivity contribution < 1.29 is 23.9 Å². The van der Waals surface area contributed by atoms with Gasteiger partial charge in [0.05, 0.1) is 18.3 Å². The maximum absolute atomic E-state index is 13.1. The molecule has 9 nitrogen and oxygen atoms in total. The smallest absolute Gasteiger partial charge is 0.408 e. The van der Waals surface area contributed by atoms with E-state index in [-0.39, 0.29) is 31.3 Å². The third kappa shape index (κ3) is 6.74. The number of carbonyl (C=O) groups excluding carboxylic acids is 4. The second-order valence-corrected chi connectivity index (χ2v) is 8.56. The van der Waals surface area contributed by atoms with Crippen molar-refractivity contribution in [2.24, 2.45) is 11.8 Å². The number of imidazole rings is 1. The van der Waals surface area contributed by atoms with Crippen molar-refractivity contribution >= 4 is 23.6 Å². The fourth-order valence-electron chi connectivity index (χ4n) is 3.82. The monoisotopic (exact) mass is 454 g/mol. The summed E-state index contributed by atoms with van der Waals surface area (Å²) < 4.78 is 7.06. The summed E-state index contributed by atoms with van der Waals surface area (Å²) in [6.07, 6.45) is 3.85. The second-order valence-electron chi connectivity index (χ2n) is 8.56. The van der Waals surface area contributed by atoms with Crippen LogP contribution in [0.1, 0.15) is 37.9 Å². The van der Waals surface area contributed by atoms with E-state index in [1.165, 1.54) is 0 Å².